The first-order chi connectivity index (χ1) is 17.6. The topological polar surface area (TPSA) is 42.0 Å². The number of hydrogen-bond donors (Lipinski definition) is 0. The zero-order valence-corrected chi connectivity index (χ0v) is 21.3. The Labute approximate surface area is 217 Å². The van der Waals surface area contributed by atoms with E-state index in [0.29, 0.717) is 17.3 Å². The Balaban J connectivity index is 1.27. The van der Waals surface area contributed by atoms with E-state index in [1.807, 2.05) is 23.1 Å². The van der Waals surface area contributed by atoms with Crippen LogP contribution in [0, 0.1) is 0 Å². The van der Waals surface area contributed by atoms with Gasteiger partial charge in [0.1, 0.15) is 11.5 Å². The van der Waals surface area contributed by atoms with Crippen molar-refractivity contribution < 1.29 is 14.3 Å². The van der Waals surface area contributed by atoms with Gasteiger partial charge in [0.25, 0.3) is 5.91 Å². The number of halogens is 1. The minimum Gasteiger partial charge on any atom is -0.497 e. The average molecular weight is 503 g/mol. The summed E-state index contributed by atoms with van der Waals surface area (Å²) in [5.74, 6) is 1.42. The van der Waals surface area contributed by atoms with Gasteiger partial charge in [0.15, 0.2) is 6.61 Å². The Hall–Kier alpha value is -3.28. The fourth-order valence-corrected chi connectivity index (χ4v) is 5.37. The van der Waals surface area contributed by atoms with Gasteiger partial charge in [-0.25, -0.2) is 0 Å². The van der Waals surface area contributed by atoms with Crippen molar-refractivity contribution in [3.63, 3.8) is 0 Å². The van der Waals surface area contributed by atoms with Crippen molar-refractivity contribution in [3.8, 4) is 11.5 Å². The smallest absolute Gasteiger partial charge is 0.264 e. The minimum absolute atomic E-state index is 0.0143. The highest BCUT2D eigenvalue weighted by molar-refractivity contribution is 6.30. The van der Waals surface area contributed by atoms with Crippen LogP contribution in [0.3, 0.4) is 0 Å². The van der Waals surface area contributed by atoms with Crippen LogP contribution in [-0.2, 0) is 10.2 Å². The third-order valence-electron chi connectivity index (χ3n) is 7.29. The number of benzene rings is 3. The first kappa shape index (κ1) is 24.4. The van der Waals surface area contributed by atoms with Crippen molar-refractivity contribution in [2.24, 2.45) is 0 Å². The Morgan fingerprint density at radius 3 is 2.44 bits per heavy atom. The Morgan fingerprint density at radius 1 is 1.00 bits per heavy atom. The number of amides is 1. The summed E-state index contributed by atoms with van der Waals surface area (Å²) in [6.07, 6.45) is 6.41. The number of anilines is 1. The van der Waals surface area contributed by atoms with Crippen molar-refractivity contribution in [1.82, 2.24) is 4.90 Å². The lowest BCUT2D eigenvalue weighted by molar-refractivity contribution is -0.120. The van der Waals surface area contributed by atoms with Crippen molar-refractivity contribution >= 4 is 29.3 Å². The number of ether oxygens (including phenoxy) is 2. The second-order valence-corrected chi connectivity index (χ2v) is 9.94. The third-order valence-corrected chi connectivity index (χ3v) is 7.54. The zero-order chi connectivity index (χ0) is 25.0. The second-order valence-electron chi connectivity index (χ2n) is 9.50. The van der Waals surface area contributed by atoms with Gasteiger partial charge >= 0.3 is 0 Å². The van der Waals surface area contributed by atoms with Crippen LogP contribution >= 0.6 is 11.6 Å². The number of fused-ring (bicyclic) bond motifs is 2. The van der Waals surface area contributed by atoms with E-state index in [-0.39, 0.29) is 17.9 Å². The first-order valence-electron chi connectivity index (χ1n) is 12.4. The number of hydrogen-bond acceptors (Lipinski definition) is 4. The molecule has 5 nitrogen and oxygen atoms in total. The summed E-state index contributed by atoms with van der Waals surface area (Å²) < 4.78 is 11.3. The molecule has 0 atom stereocenters. The number of likely N-dealkylation sites (tertiary alicyclic amines) is 1. The largest absolute Gasteiger partial charge is 0.497 e. The number of piperidine rings is 1. The summed E-state index contributed by atoms with van der Waals surface area (Å²) >= 11 is 5.96. The molecule has 0 radical (unpaired) electrons. The molecule has 2 aliphatic heterocycles. The summed E-state index contributed by atoms with van der Waals surface area (Å²) in [5, 5.41) is 0.639. The van der Waals surface area contributed by atoms with E-state index in [4.69, 9.17) is 21.1 Å². The maximum Gasteiger partial charge on any atom is 0.264 e. The molecule has 1 saturated heterocycles. The number of carbonyl (C=O) groups excluding carboxylic acids is 1. The van der Waals surface area contributed by atoms with Gasteiger partial charge in [-0.1, -0.05) is 54.1 Å². The molecule has 1 spiro atoms. The summed E-state index contributed by atoms with van der Waals surface area (Å²) in [5.41, 5.74) is 3.33. The maximum absolute atomic E-state index is 13.3. The molecular formula is C30H31ClN2O3. The lowest BCUT2D eigenvalue weighted by Crippen LogP contribution is -2.46. The molecule has 0 bridgehead atoms. The van der Waals surface area contributed by atoms with Crippen LogP contribution in [0.1, 0.15) is 24.0 Å². The lowest BCUT2D eigenvalue weighted by Gasteiger charge is -2.39. The molecule has 0 saturated carbocycles. The standard InChI is InChI=1S/C30H31ClN2O3/c1-35-26-13-14-28-27(20-26)30(22-33(28)29(34)21-36-25-11-9-24(31)10-12-25)15-18-32(19-16-30)17-5-8-23-6-3-2-4-7-23/h2-14,20H,15-19,21-22H2,1H3. The number of nitrogens with zero attached hydrogens (tertiary/aromatic N) is 2. The lowest BCUT2D eigenvalue weighted by atomic mass is 9.74. The normalized spacial score (nSPS) is 16.9. The maximum atomic E-state index is 13.3. The molecule has 0 unspecified atom stereocenters. The van der Waals surface area contributed by atoms with Gasteiger partial charge in [0.2, 0.25) is 0 Å². The number of carbonyl (C=O) groups is 1. The van der Waals surface area contributed by atoms with E-state index in [9.17, 15) is 4.79 Å². The van der Waals surface area contributed by atoms with E-state index in [1.165, 1.54) is 11.1 Å². The summed E-state index contributed by atoms with van der Waals surface area (Å²) in [6, 6.07) is 23.5. The van der Waals surface area contributed by atoms with Gasteiger partial charge in [-0.15, -0.1) is 0 Å². The van der Waals surface area contributed by atoms with Gasteiger partial charge in [0, 0.05) is 29.2 Å². The average Bonchev–Trinajstić information content (AvgIpc) is 3.23. The van der Waals surface area contributed by atoms with E-state index in [0.717, 1.165) is 43.9 Å². The molecule has 1 amide bonds. The van der Waals surface area contributed by atoms with Crippen LogP contribution in [0.5, 0.6) is 11.5 Å². The van der Waals surface area contributed by atoms with Gasteiger partial charge in [0.05, 0.1) is 7.11 Å². The molecule has 1 fully saturated rings. The van der Waals surface area contributed by atoms with Crippen molar-refractivity contribution in [3.05, 3.63) is 95.0 Å². The quantitative estimate of drug-likeness (QED) is 0.408. The number of rotatable bonds is 7. The molecule has 3 aromatic carbocycles. The molecule has 186 valence electrons. The van der Waals surface area contributed by atoms with E-state index in [1.54, 1.807) is 31.4 Å². The molecule has 2 heterocycles. The van der Waals surface area contributed by atoms with Crippen molar-refractivity contribution in [1.29, 1.82) is 0 Å². The van der Waals surface area contributed by atoms with Gasteiger partial charge in [-0.05, 0) is 79.5 Å². The molecule has 36 heavy (non-hydrogen) atoms. The van der Waals surface area contributed by atoms with E-state index >= 15 is 0 Å². The molecule has 3 aromatic rings. The second kappa shape index (κ2) is 10.8. The Kier molecular flexibility index (Phi) is 7.30. The summed E-state index contributed by atoms with van der Waals surface area (Å²) in [4.78, 5) is 17.7. The van der Waals surface area contributed by atoms with Crippen LogP contribution in [-0.4, -0.2) is 50.7 Å². The first-order valence-corrected chi connectivity index (χ1v) is 12.8. The predicted octanol–water partition coefficient (Wildman–Crippen LogP) is 5.82. The molecule has 5 rings (SSSR count). The molecule has 2 aliphatic rings. The fraction of sp³-hybridized carbons (Fsp3) is 0.300. The van der Waals surface area contributed by atoms with Crippen LogP contribution < -0.4 is 14.4 Å². The molecule has 0 N–H and O–H groups in total. The SMILES string of the molecule is COc1ccc2c(c1)C1(CCN(CC=Cc3ccccc3)CC1)CN2C(=O)COc1ccc(Cl)cc1. The fourth-order valence-electron chi connectivity index (χ4n) is 5.24. The summed E-state index contributed by atoms with van der Waals surface area (Å²) in [6.45, 7) is 3.55. The zero-order valence-electron chi connectivity index (χ0n) is 20.5. The molecular weight excluding hydrogens is 472 g/mol. The van der Waals surface area contributed by atoms with Crippen molar-refractivity contribution in [2.45, 2.75) is 18.3 Å². The molecule has 6 heteroatoms. The van der Waals surface area contributed by atoms with E-state index in [2.05, 4.69) is 47.4 Å². The van der Waals surface area contributed by atoms with Crippen LogP contribution in [0.15, 0.2) is 78.9 Å². The Bertz CT molecular complexity index is 1220. The van der Waals surface area contributed by atoms with Crippen molar-refractivity contribution in [2.75, 3.05) is 44.8 Å². The highest BCUT2D eigenvalue weighted by Gasteiger charge is 2.46. The van der Waals surface area contributed by atoms with Gasteiger partial charge in [-0.2, -0.15) is 0 Å². The number of methoxy groups -OCH3 is 1. The van der Waals surface area contributed by atoms with Crippen LogP contribution in [0.2, 0.25) is 5.02 Å². The van der Waals surface area contributed by atoms with E-state index < -0.39 is 0 Å². The summed E-state index contributed by atoms with van der Waals surface area (Å²) in [7, 11) is 1.69. The predicted molar refractivity (Wildman–Crippen MR) is 145 cm³/mol. The van der Waals surface area contributed by atoms with Gasteiger partial charge in [-0.3, -0.25) is 9.69 Å². The van der Waals surface area contributed by atoms with Crippen LogP contribution in [0.4, 0.5) is 5.69 Å². The Morgan fingerprint density at radius 2 is 1.72 bits per heavy atom. The minimum atomic E-state index is -0.0700. The molecule has 0 aliphatic carbocycles. The highest BCUT2D eigenvalue weighted by atomic mass is 35.5. The van der Waals surface area contributed by atoms with Gasteiger partial charge < -0.3 is 14.4 Å². The highest BCUT2D eigenvalue weighted by Crippen LogP contribution is 2.48. The van der Waals surface area contributed by atoms with Crippen LogP contribution in [0.25, 0.3) is 6.08 Å². The molecule has 0 aromatic heterocycles. The third kappa shape index (κ3) is 5.28. The monoisotopic (exact) mass is 502 g/mol.